The van der Waals surface area contributed by atoms with Crippen LogP contribution >= 0.6 is 0 Å². The highest BCUT2D eigenvalue weighted by Gasteiger charge is 2.35. The highest BCUT2D eigenvalue weighted by atomic mass is 16.5. The van der Waals surface area contributed by atoms with Gasteiger partial charge in [-0.3, -0.25) is 4.79 Å². The molecule has 0 aromatic heterocycles. The third kappa shape index (κ3) is 4.33. The molecular formula is C18H22N2O4. The summed E-state index contributed by atoms with van der Waals surface area (Å²) >= 11 is 0. The van der Waals surface area contributed by atoms with E-state index in [1.807, 2.05) is 0 Å². The van der Waals surface area contributed by atoms with Gasteiger partial charge in [0.05, 0.1) is 18.2 Å². The Bertz CT molecular complexity index is 627. The fraction of sp³-hybridized carbons (Fsp3) is 0.500. The van der Waals surface area contributed by atoms with Crippen molar-refractivity contribution >= 4 is 11.9 Å². The number of esters is 1. The van der Waals surface area contributed by atoms with Gasteiger partial charge >= 0.3 is 5.97 Å². The molecule has 6 nitrogen and oxygen atoms in total. The van der Waals surface area contributed by atoms with Crippen LogP contribution in [0.5, 0.6) is 0 Å². The first-order valence-electron chi connectivity index (χ1n) is 8.14. The van der Waals surface area contributed by atoms with Gasteiger partial charge in [0.15, 0.2) is 6.10 Å². The third-order valence-corrected chi connectivity index (χ3v) is 4.31. The molecular weight excluding hydrogens is 308 g/mol. The Morgan fingerprint density at radius 3 is 2.46 bits per heavy atom. The number of aliphatic hydroxyl groups excluding tert-OH is 1. The fourth-order valence-corrected chi connectivity index (χ4v) is 2.79. The van der Waals surface area contributed by atoms with Crippen LogP contribution in [-0.2, 0) is 16.1 Å². The van der Waals surface area contributed by atoms with Crippen LogP contribution in [0.15, 0.2) is 24.3 Å². The zero-order valence-electron chi connectivity index (χ0n) is 13.7. The summed E-state index contributed by atoms with van der Waals surface area (Å²) in [4.78, 5) is 24.3. The van der Waals surface area contributed by atoms with E-state index in [0.717, 1.165) is 19.3 Å². The number of carbonyl (C=O) groups is 2. The molecule has 0 radical (unpaired) electrons. The molecule has 1 aromatic rings. The molecule has 1 atom stereocenters. The number of nitrogens with one attached hydrogen (secondary N) is 1. The number of aliphatic hydroxyl groups is 1. The molecule has 1 saturated carbocycles. The average Bonchev–Trinajstić information content (AvgIpc) is 2.62. The van der Waals surface area contributed by atoms with E-state index >= 15 is 0 Å². The van der Waals surface area contributed by atoms with Crippen molar-refractivity contribution in [3.8, 4) is 6.07 Å². The summed E-state index contributed by atoms with van der Waals surface area (Å²) < 4.78 is 5.18. The van der Waals surface area contributed by atoms with Crippen molar-refractivity contribution in [3.05, 3.63) is 35.4 Å². The summed E-state index contributed by atoms with van der Waals surface area (Å²) in [5.41, 5.74) is 0.142. The van der Waals surface area contributed by atoms with E-state index < -0.39 is 23.5 Å². The summed E-state index contributed by atoms with van der Waals surface area (Å²) in [5, 5.41) is 21.1. The Labute approximate surface area is 141 Å². The first-order valence-corrected chi connectivity index (χ1v) is 8.14. The Morgan fingerprint density at radius 1 is 1.29 bits per heavy atom. The Hall–Kier alpha value is -2.39. The Kier molecular flexibility index (Phi) is 5.93. The van der Waals surface area contributed by atoms with Crippen LogP contribution < -0.4 is 5.32 Å². The average molecular weight is 330 g/mol. The van der Waals surface area contributed by atoms with Crippen LogP contribution in [0.1, 0.15) is 54.9 Å². The Morgan fingerprint density at radius 2 is 1.92 bits per heavy atom. The van der Waals surface area contributed by atoms with Crippen molar-refractivity contribution in [1.29, 1.82) is 5.26 Å². The molecule has 0 bridgehead atoms. The molecule has 2 rings (SSSR count). The van der Waals surface area contributed by atoms with Crippen molar-refractivity contribution in [2.45, 2.75) is 57.3 Å². The molecule has 1 fully saturated rings. The van der Waals surface area contributed by atoms with Crippen molar-refractivity contribution in [2.24, 2.45) is 0 Å². The van der Waals surface area contributed by atoms with Gasteiger partial charge in [-0.1, -0.05) is 31.4 Å². The predicted molar refractivity (Wildman–Crippen MR) is 86.8 cm³/mol. The standard InChI is InChI=1S/C18H22N2O4/c1-13(16(22)20-18(12-19)9-3-2-4-10-18)24-17(23)15-7-5-14(11-21)6-8-15/h5-8,13,21H,2-4,9-11H2,1H3,(H,20,22). The monoisotopic (exact) mass is 330 g/mol. The number of amides is 1. The lowest BCUT2D eigenvalue weighted by Crippen LogP contribution is -2.52. The summed E-state index contributed by atoms with van der Waals surface area (Å²) in [7, 11) is 0. The van der Waals surface area contributed by atoms with Crippen LogP contribution in [0.3, 0.4) is 0 Å². The first kappa shape index (κ1) is 18.0. The lowest BCUT2D eigenvalue weighted by atomic mass is 9.83. The van der Waals surface area contributed by atoms with Crippen molar-refractivity contribution in [2.75, 3.05) is 0 Å². The second-order valence-electron chi connectivity index (χ2n) is 6.15. The number of nitrogens with zero attached hydrogens (tertiary/aromatic N) is 1. The number of nitriles is 1. The number of benzene rings is 1. The van der Waals surface area contributed by atoms with Gasteiger partial charge in [0.1, 0.15) is 5.54 Å². The summed E-state index contributed by atoms with van der Waals surface area (Å²) in [6.07, 6.45) is 3.13. The number of carbonyl (C=O) groups excluding carboxylic acids is 2. The van der Waals surface area contributed by atoms with Gasteiger partial charge in [-0.05, 0) is 37.5 Å². The first-order chi connectivity index (χ1) is 11.5. The van der Waals surface area contributed by atoms with E-state index in [4.69, 9.17) is 9.84 Å². The second kappa shape index (κ2) is 7.93. The molecule has 24 heavy (non-hydrogen) atoms. The van der Waals surface area contributed by atoms with Gasteiger partial charge < -0.3 is 15.2 Å². The Balaban J connectivity index is 1.95. The maximum Gasteiger partial charge on any atom is 0.338 e. The van der Waals surface area contributed by atoms with Crippen LogP contribution in [0.2, 0.25) is 0 Å². The van der Waals surface area contributed by atoms with E-state index in [2.05, 4.69) is 11.4 Å². The molecule has 0 saturated heterocycles. The van der Waals surface area contributed by atoms with Gasteiger partial charge in [0, 0.05) is 0 Å². The minimum atomic E-state index is -0.984. The molecule has 1 amide bonds. The lowest BCUT2D eigenvalue weighted by Gasteiger charge is -2.32. The van der Waals surface area contributed by atoms with Gasteiger partial charge in [-0.15, -0.1) is 0 Å². The molecule has 2 N–H and O–H groups in total. The van der Waals surface area contributed by atoms with E-state index in [9.17, 15) is 14.9 Å². The summed E-state index contributed by atoms with van der Waals surface area (Å²) in [6, 6.07) is 8.52. The van der Waals surface area contributed by atoms with Gasteiger partial charge in [0.25, 0.3) is 5.91 Å². The van der Waals surface area contributed by atoms with Gasteiger partial charge in [-0.2, -0.15) is 5.26 Å². The maximum absolute atomic E-state index is 12.3. The topological polar surface area (TPSA) is 99.4 Å². The van der Waals surface area contributed by atoms with Crippen LogP contribution in [0.4, 0.5) is 0 Å². The highest BCUT2D eigenvalue weighted by molar-refractivity contribution is 5.92. The van der Waals surface area contributed by atoms with Crippen LogP contribution in [-0.4, -0.2) is 28.6 Å². The smallest absolute Gasteiger partial charge is 0.338 e. The number of hydrogen-bond acceptors (Lipinski definition) is 5. The minimum Gasteiger partial charge on any atom is -0.449 e. The largest absolute Gasteiger partial charge is 0.449 e. The van der Waals surface area contributed by atoms with Crippen LogP contribution in [0.25, 0.3) is 0 Å². The molecule has 128 valence electrons. The molecule has 1 aliphatic rings. The molecule has 0 spiro atoms. The van der Waals surface area contributed by atoms with Gasteiger partial charge in [-0.25, -0.2) is 4.79 Å². The number of ether oxygens (including phenoxy) is 1. The number of hydrogen-bond donors (Lipinski definition) is 2. The molecule has 1 aliphatic carbocycles. The molecule has 1 unspecified atom stereocenters. The van der Waals surface area contributed by atoms with E-state index in [1.54, 1.807) is 12.1 Å². The van der Waals surface area contributed by atoms with Crippen molar-refractivity contribution < 1.29 is 19.4 Å². The quantitative estimate of drug-likeness (QED) is 0.805. The number of rotatable bonds is 5. The SMILES string of the molecule is CC(OC(=O)c1ccc(CO)cc1)C(=O)NC1(C#N)CCCCC1. The van der Waals surface area contributed by atoms with Crippen molar-refractivity contribution in [1.82, 2.24) is 5.32 Å². The van der Waals surface area contributed by atoms with E-state index in [1.165, 1.54) is 19.1 Å². The molecule has 0 aliphatic heterocycles. The maximum atomic E-state index is 12.3. The van der Waals surface area contributed by atoms with Crippen LogP contribution in [0, 0.1) is 11.3 Å². The summed E-state index contributed by atoms with van der Waals surface area (Å²) in [5.74, 6) is -1.07. The highest BCUT2D eigenvalue weighted by Crippen LogP contribution is 2.27. The summed E-state index contributed by atoms with van der Waals surface area (Å²) in [6.45, 7) is 1.38. The molecule has 6 heteroatoms. The third-order valence-electron chi connectivity index (χ3n) is 4.31. The van der Waals surface area contributed by atoms with E-state index in [0.29, 0.717) is 24.0 Å². The van der Waals surface area contributed by atoms with Crippen molar-refractivity contribution in [3.63, 3.8) is 0 Å². The molecule has 0 heterocycles. The second-order valence-corrected chi connectivity index (χ2v) is 6.15. The zero-order chi connectivity index (χ0) is 17.6. The molecule has 1 aromatic carbocycles. The minimum absolute atomic E-state index is 0.107. The lowest BCUT2D eigenvalue weighted by molar-refractivity contribution is -0.130. The normalized spacial score (nSPS) is 17.4. The fourth-order valence-electron chi connectivity index (χ4n) is 2.79. The zero-order valence-corrected chi connectivity index (χ0v) is 13.7. The van der Waals surface area contributed by atoms with E-state index in [-0.39, 0.29) is 6.61 Å². The predicted octanol–water partition coefficient (Wildman–Crippen LogP) is 2.07. The van der Waals surface area contributed by atoms with Gasteiger partial charge in [0.2, 0.25) is 0 Å².